The molecule has 2 unspecified atom stereocenters. The Labute approximate surface area is 122 Å². The number of carbonyl (C=O) groups is 1. The SMILES string of the molecule is CCC(O)CCNC(=O)C(C)Oc1ccc(F)cc1Cl. The molecule has 0 spiro atoms. The molecule has 0 aromatic heterocycles. The van der Waals surface area contributed by atoms with Gasteiger partial charge in [-0.3, -0.25) is 4.79 Å². The fraction of sp³-hybridized carbons (Fsp3) is 0.500. The number of amides is 1. The van der Waals surface area contributed by atoms with Gasteiger partial charge in [0.15, 0.2) is 6.10 Å². The van der Waals surface area contributed by atoms with E-state index in [9.17, 15) is 14.3 Å². The number of rotatable bonds is 7. The minimum atomic E-state index is -0.753. The molecule has 4 nitrogen and oxygen atoms in total. The summed E-state index contributed by atoms with van der Waals surface area (Å²) in [7, 11) is 0. The predicted molar refractivity (Wildman–Crippen MR) is 75.4 cm³/mol. The summed E-state index contributed by atoms with van der Waals surface area (Å²) in [6.07, 6.45) is -0.0332. The number of aliphatic hydroxyl groups is 1. The maximum absolute atomic E-state index is 12.9. The third-order valence-corrected chi connectivity index (χ3v) is 3.11. The lowest BCUT2D eigenvalue weighted by Gasteiger charge is -2.16. The molecule has 0 aliphatic rings. The summed E-state index contributed by atoms with van der Waals surface area (Å²) < 4.78 is 18.2. The van der Waals surface area contributed by atoms with Crippen LogP contribution in [0.15, 0.2) is 18.2 Å². The van der Waals surface area contributed by atoms with Crippen molar-refractivity contribution < 1.29 is 19.0 Å². The van der Waals surface area contributed by atoms with E-state index < -0.39 is 18.0 Å². The van der Waals surface area contributed by atoms with Gasteiger partial charge in [-0.2, -0.15) is 0 Å². The number of halogens is 2. The smallest absolute Gasteiger partial charge is 0.260 e. The van der Waals surface area contributed by atoms with E-state index in [2.05, 4.69) is 5.32 Å². The van der Waals surface area contributed by atoms with Crippen LogP contribution in [0.25, 0.3) is 0 Å². The van der Waals surface area contributed by atoms with Crippen molar-refractivity contribution in [3.63, 3.8) is 0 Å². The molecule has 2 N–H and O–H groups in total. The van der Waals surface area contributed by atoms with Crippen molar-refractivity contribution in [3.8, 4) is 5.75 Å². The maximum atomic E-state index is 12.9. The highest BCUT2D eigenvalue weighted by molar-refractivity contribution is 6.32. The van der Waals surface area contributed by atoms with Gasteiger partial charge in [-0.25, -0.2) is 4.39 Å². The molecule has 20 heavy (non-hydrogen) atoms. The van der Waals surface area contributed by atoms with Crippen LogP contribution in [0.1, 0.15) is 26.7 Å². The summed E-state index contributed by atoms with van der Waals surface area (Å²) in [5.41, 5.74) is 0. The number of carbonyl (C=O) groups excluding carboxylic acids is 1. The second-order valence-corrected chi connectivity index (χ2v) is 4.88. The Hall–Kier alpha value is -1.33. The van der Waals surface area contributed by atoms with Gasteiger partial charge < -0.3 is 15.2 Å². The molecule has 112 valence electrons. The Balaban J connectivity index is 2.45. The first-order valence-corrected chi connectivity index (χ1v) is 6.89. The summed E-state index contributed by atoms with van der Waals surface area (Å²) in [6, 6.07) is 3.71. The molecule has 0 radical (unpaired) electrons. The van der Waals surface area contributed by atoms with E-state index in [4.69, 9.17) is 16.3 Å². The zero-order chi connectivity index (χ0) is 15.1. The number of ether oxygens (including phenoxy) is 1. The van der Waals surface area contributed by atoms with E-state index in [0.29, 0.717) is 19.4 Å². The van der Waals surface area contributed by atoms with Crippen LogP contribution in [-0.4, -0.2) is 29.8 Å². The molecular weight excluding hydrogens is 285 g/mol. The van der Waals surface area contributed by atoms with Crippen molar-refractivity contribution in [2.45, 2.75) is 38.9 Å². The van der Waals surface area contributed by atoms with Crippen molar-refractivity contribution in [1.82, 2.24) is 5.32 Å². The van der Waals surface area contributed by atoms with Crippen LogP contribution in [0.3, 0.4) is 0 Å². The van der Waals surface area contributed by atoms with E-state index in [1.807, 2.05) is 6.92 Å². The topological polar surface area (TPSA) is 58.6 Å². The molecule has 2 atom stereocenters. The highest BCUT2D eigenvalue weighted by atomic mass is 35.5. The highest BCUT2D eigenvalue weighted by Crippen LogP contribution is 2.25. The van der Waals surface area contributed by atoms with Crippen LogP contribution >= 0.6 is 11.6 Å². The Morgan fingerprint density at radius 2 is 2.25 bits per heavy atom. The van der Waals surface area contributed by atoms with Gasteiger partial charge in [-0.1, -0.05) is 18.5 Å². The molecule has 0 aliphatic heterocycles. The van der Waals surface area contributed by atoms with Crippen molar-refractivity contribution in [1.29, 1.82) is 0 Å². The molecular formula is C14H19ClFNO3. The summed E-state index contributed by atoms with van der Waals surface area (Å²) >= 11 is 5.81. The zero-order valence-electron chi connectivity index (χ0n) is 11.5. The lowest BCUT2D eigenvalue weighted by Crippen LogP contribution is -2.37. The van der Waals surface area contributed by atoms with Gasteiger partial charge in [-0.05, 0) is 38.0 Å². The van der Waals surface area contributed by atoms with Crippen LogP contribution in [0.5, 0.6) is 5.75 Å². The minimum Gasteiger partial charge on any atom is -0.479 e. The van der Waals surface area contributed by atoms with E-state index in [1.165, 1.54) is 12.1 Å². The van der Waals surface area contributed by atoms with Crippen molar-refractivity contribution >= 4 is 17.5 Å². The van der Waals surface area contributed by atoms with Crippen LogP contribution < -0.4 is 10.1 Å². The van der Waals surface area contributed by atoms with E-state index >= 15 is 0 Å². The minimum absolute atomic E-state index is 0.117. The van der Waals surface area contributed by atoms with Gasteiger partial charge in [-0.15, -0.1) is 0 Å². The summed E-state index contributed by atoms with van der Waals surface area (Å²) in [5, 5.41) is 12.1. The largest absolute Gasteiger partial charge is 0.479 e. The predicted octanol–water partition coefficient (Wildman–Crippen LogP) is 2.52. The van der Waals surface area contributed by atoms with Crippen LogP contribution in [-0.2, 0) is 4.79 Å². The molecule has 1 rings (SSSR count). The number of hydrogen-bond acceptors (Lipinski definition) is 3. The molecule has 1 aromatic rings. The standard InChI is InChI=1S/C14H19ClFNO3/c1-3-11(18)6-7-17-14(19)9(2)20-13-5-4-10(16)8-12(13)15/h4-5,8-9,11,18H,3,6-7H2,1-2H3,(H,17,19). The lowest BCUT2D eigenvalue weighted by atomic mass is 10.2. The molecule has 0 heterocycles. The highest BCUT2D eigenvalue weighted by Gasteiger charge is 2.16. The fourth-order valence-corrected chi connectivity index (χ4v) is 1.74. The van der Waals surface area contributed by atoms with Gasteiger partial charge in [0.1, 0.15) is 11.6 Å². The molecule has 6 heteroatoms. The van der Waals surface area contributed by atoms with Crippen molar-refractivity contribution in [2.75, 3.05) is 6.54 Å². The molecule has 0 saturated carbocycles. The van der Waals surface area contributed by atoms with Gasteiger partial charge >= 0.3 is 0 Å². The number of nitrogens with one attached hydrogen (secondary N) is 1. The Kier molecular flexibility index (Phi) is 6.75. The Bertz CT molecular complexity index is 456. The van der Waals surface area contributed by atoms with Crippen LogP contribution in [0, 0.1) is 5.82 Å². The van der Waals surface area contributed by atoms with Gasteiger partial charge in [0.25, 0.3) is 5.91 Å². The number of aliphatic hydroxyl groups excluding tert-OH is 1. The Morgan fingerprint density at radius 1 is 1.55 bits per heavy atom. The van der Waals surface area contributed by atoms with E-state index in [1.54, 1.807) is 6.92 Å². The third-order valence-electron chi connectivity index (χ3n) is 2.81. The lowest BCUT2D eigenvalue weighted by molar-refractivity contribution is -0.127. The van der Waals surface area contributed by atoms with Crippen LogP contribution in [0.2, 0.25) is 5.02 Å². The van der Waals surface area contributed by atoms with E-state index in [-0.39, 0.29) is 16.7 Å². The maximum Gasteiger partial charge on any atom is 0.260 e. The first-order valence-electron chi connectivity index (χ1n) is 6.51. The molecule has 0 fully saturated rings. The first kappa shape index (κ1) is 16.7. The normalized spacial score (nSPS) is 13.7. The monoisotopic (exact) mass is 303 g/mol. The average Bonchev–Trinajstić information content (AvgIpc) is 2.41. The third kappa shape index (κ3) is 5.35. The molecule has 0 saturated heterocycles. The quantitative estimate of drug-likeness (QED) is 0.814. The molecule has 0 bridgehead atoms. The van der Waals surface area contributed by atoms with E-state index in [0.717, 1.165) is 6.07 Å². The number of hydrogen-bond donors (Lipinski definition) is 2. The summed E-state index contributed by atoms with van der Waals surface area (Å²) in [5.74, 6) is -0.522. The molecule has 0 aliphatic carbocycles. The fourth-order valence-electron chi connectivity index (χ4n) is 1.52. The number of benzene rings is 1. The second kappa shape index (κ2) is 8.07. The summed E-state index contributed by atoms with van der Waals surface area (Å²) in [4.78, 5) is 11.8. The second-order valence-electron chi connectivity index (χ2n) is 4.48. The van der Waals surface area contributed by atoms with Crippen LogP contribution in [0.4, 0.5) is 4.39 Å². The average molecular weight is 304 g/mol. The van der Waals surface area contributed by atoms with Crippen molar-refractivity contribution in [3.05, 3.63) is 29.0 Å². The summed E-state index contributed by atoms with van der Waals surface area (Å²) in [6.45, 7) is 3.82. The van der Waals surface area contributed by atoms with Gasteiger partial charge in [0.2, 0.25) is 0 Å². The first-order chi connectivity index (χ1) is 9.43. The van der Waals surface area contributed by atoms with Crippen molar-refractivity contribution in [2.24, 2.45) is 0 Å². The Morgan fingerprint density at radius 3 is 2.85 bits per heavy atom. The van der Waals surface area contributed by atoms with Gasteiger partial charge in [0.05, 0.1) is 11.1 Å². The zero-order valence-corrected chi connectivity index (χ0v) is 12.3. The molecule has 1 aromatic carbocycles. The molecule has 1 amide bonds. The van der Waals surface area contributed by atoms with Gasteiger partial charge in [0, 0.05) is 6.54 Å².